The van der Waals surface area contributed by atoms with E-state index in [1.54, 1.807) is 18.3 Å². The number of aromatic nitrogens is 1. The number of benzene rings is 1. The van der Waals surface area contributed by atoms with Gasteiger partial charge in [0.05, 0.1) is 20.7 Å². The van der Waals surface area contributed by atoms with Crippen molar-refractivity contribution in [2.45, 2.75) is 0 Å². The van der Waals surface area contributed by atoms with Gasteiger partial charge in [-0.15, -0.1) is 0 Å². The number of fused-ring (bicyclic) bond motifs is 1. The molecule has 2 aromatic rings. The molecule has 7 nitrogen and oxygen atoms in total. The molecule has 0 spiro atoms. The Hall–Kier alpha value is -2.61. The summed E-state index contributed by atoms with van der Waals surface area (Å²) in [7, 11) is 0. The van der Waals surface area contributed by atoms with E-state index in [1.807, 2.05) is 0 Å². The summed E-state index contributed by atoms with van der Waals surface area (Å²) < 4.78 is 0. The van der Waals surface area contributed by atoms with E-state index in [9.17, 15) is 19.7 Å². The molecule has 1 saturated heterocycles. The number of nitro groups is 1. The van der Waals surface area contributed by atoms with Crippen LogP contribution < -0.4 is 5.32 Å². The first-order valence-electron chi connectivity index (χ1n) is 5.55. The van der Waals surface area contributed by atoms with Gasteiger partial charge in [0.15, 0.2) is 0 Å². The number of non-ortho nitro benzene ring substituents is 1. The van der Waals surface area contributed by atoms with Gasteiger partial charge in [-0.05, 0) is 23.9 Å². The van der Waals surface area contributed by atoms with E-state index in [1.165, 1.54) is 12.1 Å². The third-order valence-electron chi connectivity index (χ3n) is 2.84. The van der Waals surface area contributed by atoms with Gasteiger partial charge in [-0.3, -0.25) is 25.0 Å². The summed E-state index contributed by atoms with van der Waals surface area (Å²) in [6.07, 6.45) is 3.04. The molecule has 1 aliphatic rings. The second-order valence-electron chi connectivity index (χ2n) is 4.05. The third kappa shape index (κ3) is 1.95. The first-order chi connectivity index (χ1) is 9.56. The van der Waals surface area contributed by atoms with Crippen molar-refractivity contribution in [3.05, 3.63) is 45.0 Å². The predicted octanol–water partition coefficient (Wildman–Crippen LogP) is 2.40. The van der Waals surface area contributed by atoms with Crippen LogP contribution in [0.4, 0.5) is 10.5 Å². The van der Waals surface area contributed by atoms with Gasteiger partial charge in [0.1, 0.15) is 0 Å². The number of imide groups is 1. The number of thioether (sulfide) groups is 1. The molecule has 1 aromatic carbocycles. The standard InChI is InChI=1S/C12H7N3O4S/c16-11-9(20-12(17)14-11)4-6-5-13-7-2-1-3-8(10(6)7)15(18)19/h1-5,13H,(H,14,16,17). The average molecular weight is 289 g/mol. The van der Waals surface area contributed by atoms with Gasteiger partial charge in [-0.1, -0.05) is 6.07 Å². The van der Waals surface area contributed by atoms with Crippen molar-refractivity contribution in [2.75, 3.05) is 0 Å². The highest BCUT2D eigenvalue weighted by molar-refractivity contribution is 8.18. The first kappa shape index (κ1) is 12.4. The zero-order valence-electron chi connectivity index (χ0n) is 9.88. The number of carbonyl (C=O) groups is 2. The van der Waals surface area contributed by atoms with Gasteiger partial charge in [-0.2, -0.15) is 0 Å². The van der Waals surface area contributed by atoms with Crippen LogP contribution in [0.1, 0.15) is 5.56 Å². The second-order valence-corrected chi connectivity index (χ2v) is 5.07. The fourth-order valence-corrected chi connectivity index (χ4v) is 2.69. The number of carbonyl (C=O) groups excluding carboxylic acids is 2. The Labute approximate surface area is 116 Å². The largest absolute Gasteiger partial charge is 0.360 e. The highest BCUT2D eigenvalue weighted by atomic mass is 32.2. The Morgan fingerprint density at radius 3 is 2.75 bits per heavy atom. The van der Waals surface area contributed by atoms with Crippen molar-refractivity contribution in [1.82, 2.24) is 10.3 Å². The maximum absolute atomic E-state index is 11.5. The van der Waals surface area contributed by atoms with Crippen molar-refractivity contribution < 1.29 is 14.5 Å². The molecule has 1 aromatic heterocycles. The molecule has 0 unspecified atom stereocenters. The Bertz CT molecular complexity index is 793. The van der Waals surface area contributed by atoms with Crippen LogP contribution in [-0.2, 0) is 4.79 Å². The van der Waals surface area contributed by atoms with Crippen molar-refractivity contribution in [2.24, 2.45) is 0 Å². The van der Waals surface area contributed by atoms with Crippen molar-refractivity contribution in [3.8, 4) is 0 Å². The van der Waals surface area contributed by atoms with Gasteiger partial charge in [0.25, 0.3) is 16.8 Å². The van der Waals surface area contributed by atoms with Gasteiger partial charge < -0.3 is 4.98 Å². The van der Waals surface area contributed by atoms with Gasteiger partial charge in [0, 0.05) is 17.8 Å². The molecule has 1 aliphatic heterocycles. The lowest BCUT2D eigenvalue weighted by Crippen LogP contribution is -2.17. The Balaban J connectivity index is 2.18. The number of nitro benzene ring substituents is 1. The highest BCUT2D eigenvalue weighted by Gasteiger charge is 2.26. The summed E-state index contributed by atoms with van der Waals surface area (Å²) in [6, 6.07) is 4.68. The Morgan fingerprint density at radius 2 is 2.10 bits per heavy atom. The van der Waals surface area contributed by atoms with E-state index in [2.05, 4.69) is 10.3 Å². The minimum atomic E-state index is -0.493. The molecule has 20 heavy (non-hydrogen) atoms. The monoisotopic (exact) mass is 289 g/mol. The molecule has 3 rings (SSSR count). The molecule has 1 fully saturated rings. The van der Waals surface area contributed by atoms with Crippen molar-refractivity contribution >= 4 is 45.6 Å². The molecule has 0 aliphatic carbocycles. The second kappa shape index (κ2) is 4.49. The molecule has 8 heteroatoms. The maximum atomic E-state index is 11.5. The van der Waals surface area contributed by atoms with Gasteiger partial charge in [-0.25, -0.2) is 0 Å². The zero-order valence-corrected chi connectivity index (χ0v) is 10.7. The molecule has 2 amide bonds. The van der Waals surface area contributed by atoms with Crippen LogP contribution >= 0.6 is 11.8 Å². The van der Waals surface area contributed by atoms with Crippen LogP contribution in [0.2, 0.25) is 0 Å². The zero-order chi connectivity index (χ0) is 14.3. The van der Waals surface area contributed by atoms with E-state index < -0.39 is 16.1 Å². The number of amides is 2. The van der Waals surface area contributed by atoms with E-state index in [0.717, 1.165) is 11.8 Å². The Morgan fingerprint density at radius 1 is 1.30 bits per heavy atom. The summed E-state index contributed by atoms with van der Waals surface area (Å²) in [5.41, 5.74) is 1.05. The number of aromatic amines is 1. The fraction of sp³-hybridized carbons (Fsp3) is 0. The maximum Gasteiger partial charge on any atom is 0.290 e. The summed E-state index contributed by atoms with van der Waals surface area (Å²) in [6.45, 7) is 0. The lowest BCUT2D eigenvalue weighted by molar-refractivity contribution is -0.383. The molecule has 2 heterocycles. The third-order valence-corrected chi connectivity index (χ3v) is 3.65. The minimum Gasteiger partial charge on any atom is -0.360 e. The number of nitrogens with one attached hydrogen (secondary N) is 2. The molecule has 2 N–H and O–H groups in total. The molecule has 100 valence electrons. The normalized spacial score (nSPS) is 16.9. The SMILES string of the molecule is O=C1NC(=O)C(=Cc2c[nH]c3cccc([N+](=O)[O-])c23)S1. The Kier molecular flexibility index (Phi) is 2.79. The van der Waals surface area contributed by atoms with Crippen LogP contribution in [0.25, 0.3) is 17.0 Å². The van der Waals surface area contributed by atoms with Crippen LogP contribution in [0.15, 0.2) is 29.3 Å². The van der Waals surface area contributed by atoms with Crippen LogP contribution in [0, 0.1) is 10.1 Å². The van der Waals surface area contributed by atoms with Gasteiger partial charge >= 0.3 is 0 Å². The number of H-pyrrole nitrogens is 1. The molecule has 0 atom stereocenters. The summed E-state index contributed by atoms with van der Waals surface area (Å²) in [5, 5.41) is 13.2. The van der Waals surface area contributed by atoms with Crippen LogP contribution in [0.5, 0.6) is 0 Å². The summed E-state index contributed by atoms with van der Waals surface area (Å²) in [4.78, 5) is 36.3. The minimum absolute atomic E-state index is 0.0506. The molecule has 0 radical (unpaired) electrons. The molecule has 0 saturated carbocycles. The quantitative estimate of drug-likeness (QED) is 0.501. The lowest BCUT2D eigenvalue weighted by Gasteiger charge is -1.96. The molecular formula is C12H7N3O4S. The van der Waals surface area contributed by atoms with Crippen LogP contribution in [-0.4, -0.2) is 21.1 Å². The summed E-state index contributed by atoms with van der Waals surface area (Å²) >= 11 is 0.772. The smallest absolute Gasteiger partial charge is 0.290 e. The number of hydrogen-bond acceptors (Lipinski definition) is 5. The molecular weight excluding hydrogens is 282 g/mol. The van der Waals surface area contributed by atoms with E-state index >= 15 is 0 Å². The number of nitrogens with zero attached hydrogens (tertiary/aromatic N) is 1. The van der Waals surface area contributed by atoms with Gasteiger partial charge in [0.2, 0.25) is 0 Å². The average Bonchev–Trinajstić information content (AvgIpc) is 2.94. The fourth-order valence-electron chi connectivity index (χ4n) is 2.02. The highest BCUT2D eigenvalue weighted by Crippen LogP contribution is 2.32. The molecule has 0 bridgehead atoms. The lowest BCUT2D eigenvalue weighted by atomic mass is 10.1. The first-order valence-corrected chi connectivity index (χ1v) is 6.37. The topological polar surface area (TPSA) is 105 Å². The number of hydrogen-bond donors (Lipinski definition) is 2. The van der Waals surface area contributed by atoms with E-state index in [-0.39, 0.29) is 10.6 Å². The number of rotatable bonds is 2. The predicted molar refractivity (Wildman–Crippen MR) is 74.1 cm³/mol. The van der Waals surface area contributed by atoms with Crippen LogP contribution in [0.3, 0.4) is 0 Å². The van der Waals surface area contributed by atoms with E-state index in [4.69, 9.17) is 0 Å². The van der Waals surface area contributed by atoms with Crippen molar-refractivity contribution in [3.63, 3.8) is 0 Å². The van der Waals surface area contributed by atoms with E-state index in [0.29, 0.717) is 16.5 Å². The van der Waals surface area contributed by atoms with Crippen molar-refractivity contribution in [1.29, 1.82) is 0 Å². The summed E-state index contributed by atoms with van der Waals surface area (Å²) in [5.74, 6) is -0.493.